The first-order valence-corrected chi connectivity index (χ1v) is 9.35. The predicted octanol–water partition coefficient (Wildman–Crippen LogP) is 5.42. The van der Waals surface area contributed by atoms with Gasteiger partial charge < -0.3 is 0 Å². The third kappa shape index (κ3) is 3.25. The zero-order valence-electron chi connectivity index (χ0n) is 15.4. The molecule has 0 aromatic heterocycles. The van der Waals surface area contributed by atoms with Gasteiger partial charge >= 0.3 is 0 Å². The summed E-state index contributed by atoms with van der Waals surface area (Å²) in [5.74, 6) is -0.852. The van der Waals surface area contributed by atoms with E-state index in [0.29, 0.717) is 12.0 Å². The first-order valence-electron chi connectivity index (χ1n) is 9.35. The van der Waals surface area contributed by atoms with E-state index in [4.69, 9.17) is 0 Å². The number of carbonyl (C=O) groups excluding carboxylic acids is 2. The predicted molar refractivity (Wildman–Crippen MR) is 112 cm³/mol. The highest BCUT2D eigenvalue weighted by molar-refractivity contribution is 6.47. The van der Waals surface area contributed by atoms with Crippen LogP contribution in [0.15, 0.2) is 109 Å². The van der Waals surface area contributed by atoms with Gasteiger partial charge in [0.1, 0.15) is 0 Å². The van der Waals surface area contributed by atoms with E-state index >= 15 is 0 Å². The average Bonchev–Trinajstić information content (AvgIpc) is 2.80. The van der Waals surface area contributed by atoms with E-state index in [0.717, 1.165) is 16.7 Å². The molecule has 0 saturated heterocycles. The van der Waals surface area contributed by atoms with Crippen LogP contribution in [0.4, 0.5) is 0 Å². The molecular weight excluding hydrogens is 344 g/mol. The molecule has 0 N–H and O–H groups in total. The highest BCUT2D eigenvalue weighted by Crippen LogP contribution is 2.38. The minimum Gasteiger partial charge on any atom is -0.289 e. The van der Waals surface area contributed by atoms with Crippen molar-refractivity contribution in [2.24, 2.45) is 0 Å². The van der Waals surface area contributed by atoms with Crippen LogP contribution >= 0.6 is 0 Å². The van der Waals surface area contributed by atoms with Gasteiger partial charge in [-0.2, -0.15) is 0 Å². The lowest BCUT2D eigenvalue weighted by atomic mass is 9.69. The van der Waals surface area contributed by atoms with E-state index in [1.54, 1.807) is 24.3 Å². The summed E-state index contributed by atoms with van der Waals surface area (Å²) in [5.41, 5.74) is 2.44. The molecule has 1 aliphatic rings. The van der Waals surface area contributed by atoms with Gasteiger partial charge in [0.15, 0.2) is 0 Å². The highest BCUT2D eigenvalue weighted by Gasteiger charge is 2.42. The van der Waals surface area contributed by atoms with Crippen molar-refractivity contribution in [1.82, 2.24) is 0 Å². The van der Waals surface area contributed by atoms with E-state index in [2.05, 4.69) is 6.08 Å². The molecule has 3 aromatic rings. The summed E-state index contributed by atoms with van der Waals surface area (Å²) in [6.45, 7) is 0. The molecule has 0 amide bonds. The first-order chi connectivity index (χ1) is 13.7. The molecule has 2 heteroatoms. The van der Waals surface area contributed by atoms with E-state index in [1.807, 2.05) is 78.9 Å². The van der Waals surface area contributed by atoms with Crippen molar-refractivity contribution in [3.8, 4) is 0 Å². The average molecular weight is 364 g/mol. The molecule has 0 saturated carbocycles. The van der Waals surface area contributed by atoms with Gasteiger partial charge in [-0.05, 0) is 23.1 Å². The molecule has 136 valence electrons. The van der Waals surface area contributed by atoms with Gasteiger partial charge in [0.2, 0.25) is 11.6 Å². The summed E-state index contributed by atoms with van der Waals surface area (Å²) in [5, 5.41) is 0. The molecule has 0 fully saturated rings. The molecular formula is C26H20O2. The van der Waals surface area contributed by atoms with Gasteiger partial charge in [-0.15, -0.1) is 0 Å². The fourth-order valence-electron chi connectivity index (χ4n) is 3.66. The molecule has 1 atom stereocenters. The Hall–Kier alpha value is -3.52. The van der Waals surface area contributed by atoms with Crippen molar-refractivity contribution in [2.45, 2.75) is 11.8 Å². The second kappa shape index (κ2) is 7.61. The van der Waals surface area contributed by atoms with Gasteiger partial charge in [0.05, 0.1) is 5.41 Å². The number of carbonyl (C=O) groups is 2. The normalized spacial score (nSPS) is 18.4. The number of hydrogen-bond donors (Lipinski definition) is 0. The van der Waals surface area contributed by atoms with Crippen LogP contribution in [-0.2, 0) is 10.2 Å². The maximum absolute atomic E-state index is 13.4. The molecule has 0 bridgehead atoms. The minimum absolute atomic E-state index is 0.399. The molecule has 3 aromatic carbocycles. The highest BCUT2D eigenvalue weighted by atomic mass is 16.2. The standard InChI is InChI=1S/C26H20O2/c27-24(22-12-6-2-7-13-22)25(28)26(23-14-8-3-9-15-23)18-16-21(17-19-26)20-10-4-1-5-11-20/h1-18H,19H2. The topological polar surface area (TPSA) is 34.1 Å². The third-order valence-electron chi connectivity index (χ3n) is 5.23. The van der Waals surface area contributed by atoms with Crippen molar-refractivity contribution in [1.29, 1.82) is 0 Å². The summed E-state index contributed by atoms with van der Waals surface area (Å²) in [4.78, 5) is 26.4. The fraction of sp³-hybridized carbons (Fsp3) is 0.0769. The second-order valence-electron chi connectivity index (χ2n) is 6.92. The Morgan fingerprint density at radius 1 is 0.714 bits per heavy atom. The number of allylic oxidation sites excluding steroid dienone is 4. The quantitative estimate of drug-likeness (QED) is 0.447. The van der Waals surface area contributed by atoms with Crippen LogP contribution in [0.2, 0.25) is 0 Å². The molecule has 0 spiro atoms. The third-order valence-corrected chi connectivity index (χ3v) is 5.23. The number of rotatable bonds is 5. The zero-order chi connectivity index (χ0) is 19.4. The second-order valence-corrected chi connectivity index (χ2v) is 6.92. The summed E-state index contributed by atoms with van der Waals surface area (Å²) in [6, 6.07) is 28.4. The zero-order valence-corrected chi connectivity index (χ0v) is 15.4. The molecule has 0 heterocycles. The van der Waals surface area contributed by atoms with Crippen molar-refractivity contribution in [2.75, 3.05) is 0 Å². The summed E-state index contributed by atoms with van der Waals surface area (Å²) in [7, 11) is 0. The Morgan fingerprint density at radius 2 is 1.29 bits per heavy atom. The maximum Gasteiger partial charge on any atom is 0.229 e. The SMILES string of the molecule is O=C(C(=O)C1(c2ccccc2)C=CC(c2ccccc2)=CC1)c1ccccc1. The van der Waals surface area contributed by atoms with Crippen LogP contribution in [0, 0.1) is 0 Å². The van der Waals surface area contributed by atoms with Crippen LogP contribution in [0.3, 0.4) is 0 Å². The molecule has 2 nitrogen and oxygen atoms in total. The van der Waals surface area contributed by atoms with E-state index in [9.17, 15) is 9.59 Å². The lowest BCUT2D eigenvalue weighted by Crippen LogP contribution is -2.39. The summed E-state index contributed by atoms with van der Waals surface area (Å²) < 4.78 is 0. The Morgan fingerprint density at radius 3 is 1.86 bits per heavy atom. The summed E-state index contributed by atoms with van der Waals surface area (Å²) in [6.07, 6.45) is 6.36. The van der Waals surface area contributed by atoms with Gasteiger partial charge in [-0.3, -0.25) is 9.59 Å². The monoisotopic (exact) mass is 364 g/mol. The van der Waals surface area contributed by atoms with Crippen molar-refractivity contribution < 1.29 is 9.59 Å². The van der Waals surface area contributed by atoms with Crippen molar-refractivity contribution >= 4 is 17.1 Å². The maximum atomic E-state index is 13.4. The Balaban J connectivity index is 1.74. The molecule has 28 heavy (non-hydrogen) atoms. The molecule has 4 rings (SSSR count). The van der Waals surface area contributed by atoms with Crippen LogP contribution < -0.4 is 0 Å². The number of hydrogen-bond acceptors (Lipinski definition) is 2. The van der Waals surface area contributed by atoms with Crippen LogP contribution in [0.25, 0.3) is 5.57 Å². The van der Waals surface area contributed by atoms with Gasteiger partial charge in [0, 0.05) is 5.56 Å². The minimum atomic E-state index is -0.980. The Kier molecular flexibility index (Phi) is 4.86. The van der Waals surface area contributed by atoms with Crippen LogP contribution in [-0.4, -0.2) is 11.6 Å². The molecule has 0 aliphatic heterocycles. The van der Waals surface area contributed by atoms with Crippen LogP contribution in [0.5, 0.6) is 0 Å². The Bertz CT molecular complexity index is 1050. The lowest BCUT2D eigenvalue weighted by molar-refractivity contribution is -0.118. The summed E-state index contributed by atoms with van der Waals surface area (Å²) >= 11 is 0. The smallest absolute Gasteiger partial charge is 0.229 e. The van der Waals surface area contributed by atoms with E-state index in [-0.39, 0.29) is 0 Å². The number of ketones is 2. The van der Waals surface area contributed by atoms with Gasteiger partial charge in [-0.1, -0.05) is 109 Å². The molecule has 1 aliphatic carbocycles. The van der Waals surface area contributed by atoms with Crippen molar-refractivity contribution in [3.05, 3.63) is 126 Å². The Labute approximate surface area is 164 Å². The fourth-order valence-corrected chi connectivity index (χ4v) is 3.66. The first kappa shape index (κ1) is 17.9. The van der Waals surface area contributed by atoms with Crippen LogP contribution in [0.1, 0.15) is 27.9 Å². The van der Waals surface area contributed by atoms with E-state index < -0.39 is 17.0 Å². The lowest BCUT2D eigenvalue weighted by Gasteiger charge is -2.31. The van der Waals surface area contributed by atoms with E-state index in [1.165, 1.54) is 0 Å². The largest absolute Gasteiger partial charge is 0.289 e. The van der Waals surface area contributed by atoms with Crippen molar-refractivity contribution in [3.63, 3.8) is 0 Å². The number of Topliss-reactive ketones (excluding diaryl/α,β-unsaturated/α-hetero) is 2. The number of benzene rings is 3. The van der Waals surface area contributed by atoms with Gasteiger partial charge in [0.25, 0.3) is 0 Å². The molecule has 0 radical (unpaired) electrons. The molecule has 1 unspecified atom stereocenters. The van der Waals surface area contributed by atoms with Gasteiger partial charge in [-0.25, -0.2) is 0 Å².